The largest absolute Gasteiger partial charge is 0.462 e. The van der Waals surface area contributed by atoms with Gasteiger partial charge in [-0.05, 0) is 95.6 Å². The molecule has 0 unspecified atom stereocenters. The van der Waals surface area contributed by atoms with E-state index in [1.165, 1.54) is 0 Å². The predicted molar refractivity (Wildman–Crippen MR) is 166 cm³/mol. The van der Waals surface area contributed by atoms with Crippen LogP contribution in [0.3, 0.4) is 0 Å². The van der Waals surface area contributed by atoms with Gasteiger partial charge in [0.15, 0.2) is 24.5 Å². The summed E-state index contributed by atoms with van der Waals surface area (Å²) >= 11 is 0. The number of nitrogens with zero attached hydrogens (tertiary/aromatic N) is 1. The van der Waals surface area contributed by atoms with Crippen LogP contribution in [-0.4, -0.2) is 67.3 Å². The SMILES string of the molecule is Cc1ccc(/C=N/[C@@H]2O[C@H](COC(=O)C(C)(C)C)[C@H](OC(=O)C(C)(C)C)[C@H](OC(=O)C(C)(C)C)[C@H]2OC(=O)C(C)(C)C)cc1. The molecule has 10 nitrogen and oxygen atoms in total. The molecule has 1 aliphatic rings. The molecule has 1 saturated heterocycles. The van der Waals surface area contributed by atoms with Crippen LogP contribution in [0.4, 0.5) is 0 Å². The van der Waals surface area contributed by atoms with E-state index in [2.05, 4.69) is 4.99 Å². The van der Waals surface area contributed by atoms with Crippen molar-refractivity contribution in [1.29, 1.82) is 0 Å². The first-order valence-corrected chi connectivity index (χ1v) is 15.0. The number of rotatable bonds is 7. The number of carbonyl (C=O) groups is 4. The minimum absolute atomic E-state index is 0.335. The van der Waals surface area contributed by atoms with E-state index in [-0.39, 0.29) is 6.61 Å². The first-order chi connectivity index (χ1) is 19.9. The highest BCUT2D eigenvalue weighted by molar-refractivity contribution is 5.80. The van der Waals surface area contributed by atoms with Crippen molar-refractivity contribution < 1.29 is 42.9 Å². The van der Waals surface area contributed by atoms with E-state index in [0.29, 0.717) is 0 Å². The van der Waals surface area contributed by atoms with Gasteiger partial charge in [-0.15, -0.1) is 0 Å². The van der Waals surface area contributed by atoms with Gasteiger partial charge in [0.2, 0.25) is 0 Å². The first kappa shape index (κ1) is 36.9. The molecule has 0 aromatic heterocycles. The molecule has 0 saturated carbocycles. The Bertz CT molecular complexity index is 1210. The van der Waals surface area contributed by atoms with E-state index in [1.807, 2.05) is 31.2 Å². The highest BCUT2D eigenvalue weighted by atomic mass is 16.7. The average Bonchev–Trinajstić information content (AvgIpc) is 2.87. The summed E-state index contributed by atoms with van der Waals surface area (Å²) in [6.45, 7) is 21.9. The highest BCUT2D eigenvalue weighted by Gasteiger charge is 2.54. The van der Waals surface area contributed by atoms with Crippen molar-refractivity contribution in [2.45, 2.75) is 121 Å². The van der Waals surface area contributed by atoms with Gasteiger partial charge in [0.25, 0.3) is 0 Å². The Hall–Kier alpha value is -3.27. The Morgan fingerprint density at radius 2 is 1.07 bits per heavy atom. The lowest BCUT2D eigenvalue weighted by Crippen LogP contribution is -2.63. The number of benzene rings is 1. The maximum Gasteiger partial charge on any atom is 0.311 e. The maximum absolute atomic E-state index is 13.3. The summed E-state index contributed by atoms with van der Waals surface area (Å²) in [6.07, 6.45) is -4.71. The molecule has 1 aromatic carbocycles. The third kappa shape index (κ3) is 10.4. The lowest BCUT2D eigenvalue weighted by atomic mass is 9.92. The minimum Gasteiger partial charge on any atom is -0.462 e. The molecule has 44 heavy (non-hydrogen) atoms. The summed E-state index contributed by atoms with van der Waals surface area (Å²) in [5, 5.41) is 0. The molecule has 2 rings (SSSR count). The average molecular weight is 618 g/mol. The van der Waals surface area contributed by atoms with Gasteiger partial charge in [-0.1, -0.05) is 29.8 Å². The van der Waals surface area contributed by atoms with Crippen LogP contribution in [0.25, 0.3) is 0 Å². The zero-order valence-electron chi connectivity index (χ0n) is 28.6. The zero-order valence-corrected chi connectivity index (χ0v) is 28.6. The summed E-state index contributed by atoms with van der Waals surface area (Å²) in [7, 11) is 0. The topological polar surface area (TPSA) is 127 Å². The molecule has 0 amide bonds. The Morgan fingerprint density at radius 1 is 0.659 bits per heavy atom. The van der Waals surface area contributed by atoms with E-state index in [4.69, 9.17) is 23.7 Å². The lowest BCUT2D eigenvalue weighted by Gasteiger charge is -2.45. The van der Waals surface area contributed by atoms with Crippen molar-refractivity contribution >= 4 is 30.1 Å². The van der Waals surface area contributed by atoms with Gasteiger partial charge < -0.3 is 23.7 Å². The van der Waals surface area contributed by atoms with Gasteiger partial charge in [-0.2, -0.15) is 0 Å². The summed E-state index contributed by atoms with van der Waals surface area (Å²) in [5.74, 6) is -2.34. The normalized spacial score (nSPS) is 23.2. The van der Waals surface area contributed by atoms with Gasteiger partial charge in [-0.3, -0.25) is 24.2 Å². The van der Waals surface area contributed by atoms with Crippen molar-refractivity contribution in [2.75, 3.05) is 6.61 Å². The standard InChI is InChI=1S/C34H51NO9/c1-20-14-16-21(17-15-20)18-35-26-25(44-30(39)34(11,12)13)24(43-29(38)33(8,9)10)23(42-28(37)32(5,6)7)22(41-26)19-40-27(36)31(2,3)4/h14-18,22-26H,19H2,1-13H3/b35-18+/t22-,23+,24+,25-,26-/m1/s1. The molecule has 5 atom stereocenters. The Labute approximate surface area is 262 Å². The molecule has 0 radical (unpaired) electrons. The fourth-order valence-corrected chi connectivity index (χ4v) is 3.64. The molecule has 0 N–H and O–H groups in total. The number of carbonyl (C=O) groups excluding carboxylic acids is 4. The third-order valence-electron chi connectivity index (χ3n) is 6.61. The van der Waals surface area contributed by atoms with Crippen molar-refractivity contribution in [2.24, 2.45) is 26.7 Å². The van der Waals surface area contributed by atoms with E-state index in [0.717, 1.165) is 11.1 Å². The lowest BCUT2D eigenvalue weighted by molar-refractivity contribution is -0.258. The number of ether oxygens (including phenoxy) is 5. The van der Waals surface area contributed by atoms with Gasteiger partial charge >= 0.3 is 23.9 Å². The highest BCUT2D eigenvalue weighted by Crippen LogP contribution is 2.34. The van der Waals surface area contributed by atoms with Gasteiger partial charge in [0.1, 0.15) is 12.7 Å². The van der Waals surface area contributed by atoms with Crippen molar-refractivity contribution in [3.63, 3.8) is 0 Å². The van der Waals surface area contributed by atoms with Crippen molar-refractivity contribution in [1.82, 2.24) is 0 Å². The summed E-state index contributed by atoms with van der Waals surface area (Å²) in [6, 6.07) is 7.58. The molecular weight excluding hydrogens is 566 g/mol. The quantitative estimate of drug-likeness (QED) is 0.218. The number of aryl methyl sites for hydroxylation is 1. The number of hydrogen-bond acceptors (Lipinski definition) is 10. The van der Waals surface area contributed by atoms with Gasteiger partial charge in [0, 0.05) is 6.21 Å². The van der Waals surface area contributed by atoms with E-state index in [1.54, 1.807) is 89.3 Å². The zero-order chi connectivity index (χ0) is 33.8. The molecule has 1 aliphatic heterocycles. The Kier molecular flexibility index (Phi) is 11.6. The fraction of sp³-hybridized carbons (Fsp3) is 0.676. The van der Waals surface area contributed by atoms with E-state index >= 15 is 0 Å². The Morgan fingerprint density at radius 3 is 1.50 bits per heavy atom. The summed E-state index contributed by atoms with van der Waals surface area (Å²) < 4.78 is 29.9. The monoisotopic (exact) mass is 617 g/mol. The molecule has 0 spiro atoms. The molecular formula is C34H51NO9. The number of esters is 4. The maximum atomic E-state index is 13.3. The fourth-order valence-electron chi connectivity index (χ4n) is 3.64. The van der Waals surface area contributed by atoms with Crippen LogP contribution >= 0.6 is 0 Å². The van der Waals surface area contributed by atoms with Crippen LogP contribution in [0.2, 0.25) is 0 Å². The van der Waals surface area contributed by atoms with Crippen molar-refractivity contribution in [3.05, 3.63) is 35.4 Å². The van der Waals surface area contributed by atoms with E-state index < -0.39 is 76.2 Å². The predicted octanol–water partition coefficient (Wildman–Crippen LogP) is 5.60. The third-order valence-corrected chi connectivity index (χ3v) is 6.61. The molecule has 0 aliphatic carbocycles. The van der Waals surface area contributed by atoms with Gasteiger partial charge in [-0.25, -0.2) is 0 Å². The second kappa shape index (κ2) is 13.8. The van der Waals surface area contributed by atoms with Crippen LogP contribution < -0.4 is 0 Å². The van der Waals surface area contributed by atoms with Crippen LogP contribution in [0, 0.1) is 28.6 Å². The second-order valence-electron chi connectivity index (χ2n) is 15.5. The smallest absolute Gasteiger partial charge is 0.311 e. The molecule has 1 fully saturated rings. The number of hydrogen-bond donors (Lipinski definition) is 0. The Balaban J connectivity index is 2.71. The van der Waals surface area contributed by atoms with Crippen molar-refractivity contribution in [3.8, 4) is 0 Å². The minimum atomic E-state index is -1.34. The van der Waals surface area contributed by atoms with Crippen LogP contribution in [0.5, 0.6) is 0 Å². The molecule has 10 heteroatoms. The van der Waals surface area contributed by atoms with Gasteiger partial charge in [0.05, 0.1) is 21.7 Å². The second-order valence-corrected chi connectivity index (χ2v) is 15.5. The van der Waals surface area contributed by atoms with Crippen LogP contribution in [0.1, 0.15) is 94.2 Å². The molecule has 246 valence electrons. The molecule has 1 heterocycles. The van der Waals surface area contributed by atoms with E-state index in [9.17, 15) is 19.2 Å². The summed E-state index contributed by atoms with van der Waals surface area (Å²) in [4.78, 5) is 57.2. The summed E-state index contributed by atoms with van der Waals surface area (Å²) in [5.41, 5.74) is -1.83. The molecule has 0 bridgehead atoms. The van der Waals surface area contributed by atoms with Crippen LogP contribution in [0.15, 0.2) is 29.3 Å². The first-order valence-electron chi connectivity index (χ1n) is 15.0. The van der Waals surface area contributed by atoms with Crippen LogP contribution in [-0.2, 0) is 42.9 Å². The molecule has 1 aromatic rings. The number of aliphatic imine (C=N–C) groups is 1.